The Labute approximate surface area is 131 Å². The van der Waals surface area contributed by atoms with Gasteiger partial charge in [-0.2, -0.15) is 13.5 Å². The van der Waals surface area contributed by atoms with Gasteiger partial charge in [0, 0.05) is 38.7 Å². The Morgan fingerprint density at radius 2 is 1.73 bits per heavy atom. The van der Waals surface area contributed by atoms with Crippen LogP contribution < -0.4 is 4.83 Å². The second-order valence-corrected chi connectivity index (χ2v) is 7.65. The summed E-state index contributed by atoms with van der Waals surface area (Å²) in [5.74, 6) is -0.587. The molecule has 1 aromatic carbocycles. The van der Waals surface area contributed by atoms with Crippen molar-refractivity contribution < 1.29 is 17.9 Å². The molecular weight excluding hydrogens is 304 g/mol. The van der Waals surface area contributed by atoms with E-state index < -0.39 is 15.8 Å². The summed E-state index contributed by atoms with van der Waals surface area (Å²) in [5.41, 5.74) is 0.752. The molecule has 0 aromatic heterocycles. The molecule has 0 radical (unpaired) electrons. The van der Waals surface area contributed by atoms with Gasteiger partial charge >= 0.3 is 0 Å². The fraction of sp³-hybridized carbons (Fsp3) is 0.533. The lowest BCUT2D eigenvalue weighted by Crippen LogP contribution is -2.54. The van der Waals surface area contributed by atoms with Crippen molar-refractivity contribution in [3.05, 3.63) is 29.8 Å². The molecule has 7 heteroatoms. The van der Waals surface area contributed by atoms with Gasteiger partial charge in [-0.05, 0) is 19.1 Å². The molecule has 22 heavy (non-hydrogen) atoms. The maximum Gasteiger partial charge on any atom is 0.276 e. The number of hydrazone groups is 1. The Bertz CT molecular complexity index is 641. The van der Waals surface area contributed by atoms with Crippen LogP contribution in [0.5, 0.6) is 0 Å². The lowest BCUT2D eigenvalue weighted by Gasteiger charge is -2.50. The minimum absolute atomic E-state index is 0.192. The summed E-state index contributed by atoms with van der Waals surface area (Å²) in [4.78, 5) is 2.43. The van der Waals surface area contributed by atoms with Gasteiger partial charge in [0.15, 0.2) is 5.79 Å². The average molecular weight is 326 g/mol. The van der Waals surface area contributed by atoms with Crippen LogP contribution in [0.4, 0.5) is 0 Å². The first-order valence-corrected chi connectivity index (χ1v) is 8.46. The van der Waals surface area contributed by atoms with E-state index in [1.54, 1.807) is 44.7 Å². The lowest BCUT2D eigenvalue weighted by atomic mass is 9.66. The number of nitrogens with zero attached hydrogens (tertiary/aromatic N) is 1. The normalized spacial score (nSPS) is 19.8. The predicted molar refractivity (Wildman–Crippen MR) is 84.1 cm³/mol. The number of rotatable bonds is 6. The largest absolute Gasteiger partial charge is 0.353 e. The summed E-state index contributed by atoms with van der Waals surface area (Å²) in [7, 11) is -0.439. The van der Waals surface area contributed by atoms with Crippen molar-refractivity contribution in [2.24, 2.45) is 10.5 Å². The van der Waals surface area contributed by atoms with E-state index in [1.165, 1.54) is 0 Å². The molecule has 1 aliphatic rings. The molecule has 0 bridgehead atoms. The van der Waals surface area contributed by atoms with Gasteiger partial charge in [-0.1, -0.05) is 24.6 Å². The van der Waals surface area contributed by atoms with E-state index in [1.807, 2.05) is 13.8 Å². The first kappa shape index (κ1) is 16.9. The minimum atomic E-state index is -3.63. The fourth-order valence-electron chi connectivity index (χ4n) is 2.66. The number of hydrogen-bond acceptors (Lipinski definition) is 5. The molecule has 122 valence electrons. The van der Waals surface area contributed by atoms with Crippen LogP contribution in [-0.2, 0) is 19.5 Å². The molecule has 0 amide bonds. The molecular formula is C15H22N2O4S. The molecule has 1 saturated carbocycles. The number of sulfonamides is 1. The van der Waals surface area contributed by atoms with E-state index >= 15 is 0 Å². The third-order valence-corrected chi connectivity index (χ3v) is 5.21. The van der Waals surface area contributed by atoms with E-state index in [2.05, 4.69) is 9.93 Å². The third kappa shape index (κ3) is 3.48. The third-order valence-electron chi connectivity index (χ3n) is 3.97. The van der Waals surface area contributed by atoms with Crippen molar-refractivity contribution in [2.45, 2.75) is 37.4 Å². The van der Waals surface area contributed by atoms with E-state index in [0.717, 1.165) is 5.56 Å². The molecule has 2 rings (SSSR count). The number of aryl methyl sites for hydroxylation is 1. The Kier molecular flexibility index (Phi) is 4.60. The van der Waals surface area contributed by atoms with Gasteiger partial charge in [-0.3, -0.25) is 0 Å². The molecule has 0 aliphatic heterocycles. The molecule has 6 nitrogen and oxygen atoms in total. The van der Waals surface area contributed by atoms with E-state index in [9.17, 15) is 8.42 Å². The summed E-state index contributed by atoms with van der Waals surface area (Å²) >= 11 is 0. The van der Waals surface area contributed by atoms with Crippen molar-refractivity contribution in [3.63, 3.8) is 0 Å². The quantitative estimate of drug-likeness (QED) is 0.493. The minimum Gasteiger partial charge on any atom is -0.353 e. The second kappa shape index (κ2) is 5.98. The van der Waals surface area contributed by atoms with Gasteiger partial charge in [0.1, 0.15) is 0 Å². The van der Waals surface area contributed by atoms with Crippen LogP contribution in [0.15, 0.2) is 34.3 Å². The monoisotopic (exact) mass is 326 g/mol. The molecule has 1 aliphatic carbocycles. The molecule has 1 N–H and O–H groups in total. The van der Waals surface area contributed by atoms with E-state index in [0.29, 0.717) is 12.8 Å². The highest BCUT2D eigenvalue weighted by Gasteiger charge is 2.52. The van der Waals surface area contributed by atoms with Crippen LogP contribution in [0.25, 0.3) is 0 Å². The molecule has 0 saturated heterocycles. The average Bonchev–Trinajstić information content (AvgIpc) is 2.44. The summed E-state index contributed by atoms with van der Waals surface area (Å²) < 4.78 is 34.8. The van der Waals surface area contributed by atoms with Crippen LogP contribution in [0, 0.1) is 12.3 Å². The summed E-state index contributed by atoms with van der Waals surface area (Å²) in [6.07, 6.45) is 2.86. The number of methoxy groups -OCH3 is 2. The molecule has 1 aromatic rings. The summed E-state index contributed by atoms with van der Waals surface area (Å²) in [6, 6.07) is 6.60. The lowest BCUT2D eigenvalue weighted by molar-refractivity contribution is -0.278. The summed E-state index contributed by atoms with van der Waals surface area (Å²) in [5, 5.41) is 3.90. The van der Waals surface area contributed by atoms with E-state index in [4.69, 9.17) is 9.47 Å². The standard InChI is InChI=1S/C15H22N2O4S/c1-12-5-7-13(8-6-12)22(18,19)17-16-11-14(2)9-15(10-14,20-3)21-4/h5-8,11,17H,9-10H2,1-4H3/b16-11+. The van der Waals surface area contributed by atoms with Gasteiger partial charge in [0.25, 0.3) is 10.0 Å². The number of hydrogen-bond donors (Lipinski definition) is 1. The molecule has 0 unspecified atom stereocenters. The highest BCUT2D eigenvalue weighted by Crippen LogP contribution is 2.49. The topological polar surface area (TPSA) is 77.0 Å². The predicted octanol–water partition coefficient (Wildman–Crippen LogP) is 2.05. The maximum absolute atomic E-state index is 12.1. The highest BCUT2D eigenvalue weighted by atomic mass is 32.2. The van der Waals surface area contributed by atoms with Crippen LogP contribution in [0.1, 0.15) is 25.3 Å². The Morgan fingerprint density at radius 3 is 2.23 bits per heavy atom. The molecule has 0 spiro atoms. The van der Waals surface area contributed by atoms with Crippen molar-refractivity contribution in [3.8, 4) is 0 Å². The van der Waals surface area contributed by atoms with Crippen molar-refractivity contribution in [1.29, 1.82) is 0 Å². The van der Waals surface area contributed by atoms with Gasteiger partial charge in [0.05, 0.1) is 4.90 Å². The Hall–Kier alpha value is -1.44. The number of ether oxygens (including phenoxy) is 2. The highest BCUT2D eigenvalue weighted by molar-refractivity contribution is 7.89. The van der Waals surface area contributed by atoms with E-state index in [-0.39, 0.29) is 10.3 Å². The number of nitrogens with one attached hydrogen (secondary N) is 1. The van der Waals surface area contributed by atoms with Crippen molar-refractivity contribution in [1.82, 2.24) is 4.83 Å². The SMILES string of the molecule is COC1(OC)CC(C)(/C=N/NS(=O)(=O)c2ccc(C)cc2)C1. The fourth-order valence-corrected chi connectivity index (χ4v) is 3.46. The number of benzene rings is 1. The summed E-state index contributed by atoms with van der Waals surface area (Å²) in [6.45, 7) is 3.88. The zero-order chi connectivity index (χ0) is 16.4. The van der Waals surface area contributed by atoms with Gasteiger partial charge < -0.3 is 9.47 Å². The van der Waals surface area contributed by atoms with Crippen molar-refractivity contribution >= 4 is 16.2 Å². The van der Waals surface area contributed by atoms with Crippen molar-refractivity contribution in [2.75, 3.05) is 14.2 Å². The molecule has 1 fully saturated rings. The smallest absolute Gasteiger partial charge is 0.276 e. The van der Waals surface area contributed by atoms with Crippen LogP contribution in [-0.4, -0.2) is 34.6 Å². The first-order chi connectivity index (χ1) is 10.2. The second-order valence-electron chi connectivity index (χ2n) is 5.99. The zero-order valence-corrected chi connectivity index (χ0v) is 14.1. The first-order valence-electron chi connectivity index (χ1n) is 6.97. The Morgan fingerprint density at radius 1 is 1.18 bits per heavy atom. The van der Waals surface area contributed by atoms with Crippen LogP contribution >= 0.6 is 0 Å². The molecule has 0 heterocycles. The van der Waals surface area contributed by atoms with Gasteiger partial charge in [0.2, 0.25) is 0 Å². The van der Waals surface area contributed by atoms with Gasteiger partial charge in [-0.25, -0.2) is 4.83 Å². The van der Waals surface area contributed by atoms with Crippen LogP contribution in [0.3, 0.4) is 0 Å². The Balaban J connectivity index is 1.99. The van der Waals surface area contributed by atoms with Gasteiger partial charge in [-0.15, -0.1) is 0 Å². The van der Waals surface area contributed by atoms with Crippen LogP contribution in [0.2, 0.25) is 0 Å². The molecule has 0 atom stereocenters. The zero-order valence-electron chi connectivity index (χ0n) is 13.3. The maximum atomic E-state index is 12.1.